The minimum Gasteiger partial charge on any atom is -1.00 e. The molecule has 0 aliphatic heterocycles. The van der Waals surface area contributed by atoms with Crippen LogP contribution in [0.1, 0.15) is 29.1 Å². The van der Waals surface area contributed by atoms with Gasteiger partial charge in [-0.15, -0.1) is 9.97 Å². The summed E-state index contributed by atoms with van der Waals surface area (Å²) in [6.45, 7) is 7.55. The SMILES string of the molecule is CCP(=O)(CC)c1c(F)ccc(-c2nc(Oc3ccccc3)nc(Oc3ccccc3)n2)c1F.CCP(Cl)CC.Fc1ccc(-c2nc(Oc3ccccc3)nc(Oc3ccccc3)n2)c(F)c1.[H-].[K+]. The van der Waals surface area contributed by atoms with E-state index in [1.54, 1.807) is 111 Å². The second-order valence-electron chi connectivity index (χ2n) is 14.1. The number of para-hydroxylation sites is 4. The molecule has 0 aliphatic rings. The molecule has 0 radical (unpaired) electrons. The fourth-order valence-corrected chi connectivity index (χ4v) is 8.47. The van der Waals surface area contributed by atoms with Crippen molar-refractivity contribution < 1.29 is 93.9 Å². The van der Waals surface area contributed by atoms with Crippen LogP contribution in [0.4, 0.5) is 17.6 Å². The average Bonchev–Trinajstić information content (AvgIpc) is 3.35. The molecule has 2 heterocycles. The number of halogens is 5. The smallest absolute Gasteiger partial charge is 1.00 e. The Labute approximate surface area is 447 Å². The zero-order chi connectivity index (χ0) is 48.5. The number of aromatic nitrogens is 6. The number of hydrogen-bond acceptors (Lipinski definition) is 11. The summed E-state index contributed by atoms with van der Waals surface area (Å²) in [4.78, 5) is 25.1. The van der Waals surface area contributed by atoms with Crippen molar-refractivity contribution in [2.75, 3.05) is 24.6 Å². The maximum atomic E-state index is 15.6. The van der Waals surface area contributed by atoms with Gasteiger partial charge in [-0.1, -0.05) is 112 Å². The Morgan fingerprint density at radius 1 is 0.493 bits per heavy atom. The van der Waals surface area contributed by atoms with Gasteiger partial charge in [0.1, 0.15) is 53.4 Å². The van der Waals surface area contributed by atoms with Crippen LogP contribution in [0.3, 0.4) is 0 Å². The van der Waals surface area contributed by atoms with Crippen molar-refractivity contribution in [3.63, 3.8) is 0 Å². The van der Waals surface area contributed by atoms with Gasteiger partial charge >= 0.3 is 75.4 Å². The Morgan fingerprint density at radius 3 is 1.16 bits per heavy atom. The molecule has 0 bridgehead atoms. The van der Waals surface area contributed by atoms with Crippen LogP contribution in [0.25, 0.3) is 22.8 Å². The van der Waals surface area contributed by atoms with Crippen LogP contribution in [0.2, 0.25) is 0 Å². The molecule has 8 aromatic rings. The molecule has 19 heteroatoms. The van der Waals surface area contributed by atoms with Gasteiger partial charge in [-0.3, -0.25) is 0 Å². The number of ether oxygens (including phenoxy) is 4. The Balaban J connectivity index is 0.000000269. The molecule has 0 unspecified atom stereocenters. The quantitative estimate of drug-likeness (QED) is 0.0552. The molecule has 0 saturated carbocycles. The fraction of sp³-hybridized carbons (Fsp3) is 0.160. The van der Waals surface area contributed by atoms with E-state index in [9.17, 15) is 17.7 Å². The normalized spacial score (nSPS) is 10.7. The third kappa shape index (κ3) is 15.9. The summed E-state index contributed by atoms with van der Waals surface area (Å²) >= 11 is 5.71. The Kier molecular flexibility index (Phi) is 21.7. The molecule has 0 saturated heterocycles. The second-order valence-corrected chi connectivity index (χ2v) is 21.2. The molecule has 0 amide bonds. The van der Waals surface area contributed by atoms with Crippen molar-refractivity contribution in [2.45, 2.75) is 27.7 Å². The van der Waals surface area contributed by atoms with Gasteiger partial charge in [-0.25, -0.2) is 17.6 Å². The first-order valence-corrected chi connectivity index (χ1v) is 26.0. The van der Waals surface area contributed by atoms with E-state index in [4.69, 9.17) is 30.2 Å². The monoisotopic (exact) mass is 1020 g/mol. The Morgan fingerprint density at radius 2 is 0.841 bits per heavy atom. The predicted molar refractivity (Wildman–Crippen MR) is 260 cm³/mol. The van der Waals surface area contributed by atoms with Crippen LogP contribution in [-0.4, -0.2) is 54.6 Å². The molecule has 69 heavy (non-hydrogen) atoms. The van der Waals surface area contributed by atoms with Crippen LogP contribution < -0.4 is 75.6 Å². The number of nitrogens with zero attached hydrogens (tertiary/aromatic N) is 6. The van der Waals surface area contributed by atoms with Crippen LogP contribution in [0, 0.1) is 23.3 Å². The summed E-state index contributed by atoms with van der Waals surface area (Å²) in [7, 11) is -3.38. The first-order valence-electron chi connectivity index (χ1n) is 21.3. The van der Waals surface area contributed by atoms with Gasteiger partial charge in [0.05, 0.1) is 16.4 Å². The van der Waals surface area contributed by atoms with Gasteiger partial charge < -0.3 is 24.9 Å². The van der Waals surface area contributed by atoms with Crippen LogP contribution in [-0.2, 0) is 4.57 Å². The summed E-state index contributed by atoms with van der Waals surface area (Å²) in [6.07, 6.45) is 2.58. The largest absolute Gasteiger partial charge is 1.00 e. The molecule has 0 aliphatic carbocycles. The molecule has 11 nitrogen and oxygen atoms in total. The van der Waals surface area contributed by atoms with Crippen molar-refractivity contribution in [3.05, 3.63) is 175 Å². The van der Waals surface area contributed by atoms with E-state index in [1.807, 2.05) is 24.3 Å². The molecule has 6 aromatic carbocycles. The third-order valence-corrected chi connectivity index (χ3v) is 15.7. The average molecular weight is 1020 g/mol. The van der Waals surface area contributed by atoms with Crippen LogP contribution in [0.5, 0.6) is 47.0 Å². The minimum absolute atomic E-state index is 0. The fourth-order valence-electron chi connectivity index (χ4n) is 6.00. The van der Waals surface area contributed by atoms with Crippen LogP contribution in [0.15, 0.2) is 152 Å². The van der Waals surface area contributed by atoms with E-state index in [-0.39, 0.29) is 119 Å². The van der Waals surface area contributed by atoms with Crippen molar-refractivity contribution >= 4 is 31.0 Å². The molecule has 0 fully saturated rings. The van der Waals surface area contributed by atoms with Gasteiger partial charge in [-0.05, 0) is 92.4 Å². The first kappa shape index (κ1) is 54.8. The number of hydrogen-bond donors (Lipinski definition) is 0. The summed E-state index contributed by atoms with van der Waals surface area (Å²) in [5.41, 5.74) is -0.128. The zero-order valence-electron chi connectivity index (χ0n) is 39.3. The van der Waals surface area contributed by atoms with Crippen LogP contribution >= 0.6 is 25.7 Å². The first-order chi connectivity index (χ1) is 32.9. The molecule has 2 aromatic heterocycles. The third-order valence-electron chi connectivity index (χ3n) is 9.59. The molecule has 0 atom stereocenters. The van der Waals surface area contributed by atoms with Crippen molar-refractivity contribution in [1.82, 2.24) is 29.9 Å². The molecule has 0 spiro atoms. The number of benzene rings is 6. The molecular weight excluding hydrogens is 977 g/mol. The summed E-state index contributed by atoms with van der Waals surface area (Å²) in [6, 6.07) is 40.3. The Hall–Kier alpha value is -5.15. The van der Waals surface area contributed by atoms with E-state index in [2.05, 4.69) is 43.8 Å². The second kappa shape index (κ2) is 27.3. The predicted octanol–water partition coefficient (Wildman–Crippen LogP) is 11.6. The van der Waals surface area contributed by atoms with E-state index in [0.29, 0.717) is 23.0 Å². The van der Waals surface area contributed by atoms with Gasteiger partial charge in [0, 0.05) is 18.4 Å². The van der Waals surface area contributed by atoms with Crippen molar-refractivity contribution in [2.24, 2.45) is 0 Å². The van der Waals surface area contributed by atoms with Crippen molar-refractivity contribution in [3.8, 4) is 69.8 Å². The standard InChI is InChI=1S/C25H22F2N3O3P.C21H13F2N3O2.C4H10ClP.K.H/c1-3-34(31,4-2)22-20(26)16-15-19(21(22)27)23-28-24(32-17-11-7-5-8-12-17)30-25(29-23)33-18-13-9-6-10-14-18;22-14-11-12-17(18(23)13-14)19-24-20(27-15-7-3-1-4-8-15)26-21(25-19)28-16-9-5-2-6-10-16;1-3-6(5)4-2;;/h5-16H,3-4H2,1-2H3;1-13H;3-4H2,1-2H3;;/q;;;+1;-1. The van der Waals surface area contributed by atoms with Gasteiger partial charge in [-0.2, -0.15) is 19.9 Å². The molecular formula is C50H46ClF4KN6O5P2. The van der Waals surface area contributed by atoms with E-state index >= 15 is 4.39 Å². The van der Waals surface area contributed by atoms with Crippen molar-refractivity contribution in [1.29, 1.82) is 0 Å². The summed E-state index contributed by atoms with van der Waals surface area (Å²) < 4.78 is 93.7. The topological polar surface area (TPSA) is 131 Å². The maximum absolute atomic E-state index is 15.6. The molecule has 0 N–H and O–H groups in total. The van der Waals surface area contributed by atoms with E-state index in [1.165, 1.54) is 12.1 Å². The van der Waals surface area contributed by atoms with Gasteiger partial charge in [0.2, 0.25) is 0 Å². The Bertz CT molecular complexity index is 2810. The molecule has 352 valence electrons. The zero-order valence-corrected chi connectivity index (χ0v) is 43.9. The van der Waals surface area contributed by atoms with Gasteiger partial charge in [0.25, 0.3) is 0 Å². The maximum Gasteiger partial charge on any atom is 1.00 e. The van der Waals surface area contributed by atoms with Gasteiger partial charge in [0.15, 0.2) is 11.6 Å². The molecule has 8 rings (SSSR count). The summed E-state index contributed by atoms with van der Waals surface area (Å²) in [5.74, 6) is -1.61. The number of rotatable bonds is 15. The van der Waals surface area contributed by atoms with E-state index < -0.39 is 35.7 Å². The minimum atomic E-state index is -3.27. The van der Waals surface area contributed by atoms with E-state index in [0.717, 1.165) is 30.5 Å². The summed E-state index contributed by atoms with van der Waals surface area (Å²) in [5, 5.41) is -0.425.